The highest BCUT2D eigenvalue weighted by Gasteiger charge is 2.34. The molecule has 2 N–H and O–H groups in total. The van der Waals surface area contributed by atoms with Crippen molar-refractivity contribution in [1.29, 1.82) is 0 Å². The first-order valence-corrected chi connectivity index (χ1v) is 7.86. The van der Waals surface area contributed by atoms with Crippen LogP contribution < -0.4 is 5.32 Å². The zero-order valence-corrected chi connectivity index (χ0v) is 16.3. The van der Waals surface area contributed by atoms with Gasteiger partial charge in [-0.2, -0.15) is 0 Å². The molecule has 1 aliphatic carbocycles. The molecule has 2 rings (SSSR count). The van der Waals surface area contributed by atoms with Gasteiger partial charge in [0, 0.05) is 25.2 Å². The summed E-state index contributed by atoms with van der Waals surface area (Å²) in [6, 6.07) is 7.82. The second-order valence-electron chi connectivity index (χ2n) is 5.73. The lowest BCUT2D eigenvalue weighted by Gasteiger charge is -2.35. The van der Waals surface area contributed by atoms with Crippen LogP contribution in [0.25, 0.3) is 0 Å². The quantitative estimate of drug-likeness (QED) is 0.422. The van der Waals surface area contributed by atoms with Gasteiger partial charge in [-0.05, 0) is 43.9 Å². The van der Waals surface area contributed by atoms with Crippen molar-refractivity contribution in [1.82, 2.24) is 10.2 Å². The maximum atomic E-state index is 10.2. The van der Waals surface area contributed by atoms with Crippen LogP contribution in [0.5, 0.6) is 0 Å². The molecule has 0 bridgehead atoms. The van der Waals surface area contributed by atoms with E-state index < -0.39 is 5.60 Å². The van der Waals surface area contributed by atoms with Gasteiger partial charge in [0.2, 0.25) is 0 Å². The fourth-order valence-corrected chi connectivity index (χ4v) is 2.50. The molecule has 6 heteroatoms. The SMILES string of the molecule is CCNC(=NCC1(O)CCC1)N(C)Cc1ccc(Cl)cc1.I. The normalized spacial score (nSPS) is 16.5. The van der Waals surface area contributed by atoms with Crippen LogP contribution in [0.3, 0.4) is 0 Å². The van der Waals surface area contributed by atoms with Gasteiger partial charge in [-0.3, -0.25) is 4.99 Å². The Balaban J connectivity index is 0.00000242. The number of hydrogen-bond donors (Lipinski definition) is 2. The van der Waals surface area contributed by atoms with Crippen LogP contribution in [0.1, 0.15) is 31.7 Å². The monoisotopic (exact) mass is 437 g/mol. The Kier molecular flexibility index (Phi) is 7.93. The lowest BCUT2D eigenvalue weighted by atomic mass is 9.80. The molecule has 1 aromatic carbocycles. The van der Waals surface area contributed by atoms with Gasteiger partial charge in [0.1, 0.15) is 0 Å². The molecule has 124 valence electrons. The van der Waals surface area contributed by atoms with Gasteiger partial charge in [-0.1, -0.05) is 23.7 Å². The highest BCUT2D eigenvalue weighted by Crippen LogP contribution is 2.31. The van der Waals surface area contributed by atoms with Gasteiger partial charge >= 0.3 is 0 Å². The number of nitrogens with zero attached hydrogens (tertiary/aromatic N) is 2. The standard InChI is InChI=1S/C16H24ClN3O.HI/c1-3-18-15(19-12-16(21)9-4-10-16)20(2)11-13-5-7-14(17)8-6-13;/h5-8,21H,3-4,9-12H2,1-2H3,(H,18,19);1H. The topological polar surface area (TPSA) is 47.9 Å². The lowest BCUT2D eigenvalue weighted by molar-refractivity contribution is -0.0237. The molecule has 22 heavy (non-hydrogen) atoms. The van der Waals surface area contributed by atoms with E-state index in [0.717, 1.165) is 43.3 Å². The molecule has 0 saturated heterocycles. The smallest absolute Gasteiger partial charge is 0.194 e. The molecular weight excluding hydrogens is 413 g/mol. The summed E-state index contributed by atoms with van der Waals surface area (Å²) in [5.74, 6) is 0.827. The Labute approximate surface area is 155 Å². The molecule has 1 saturated carbocycles. The number of aliphatic hydroxyl groups is 1. The molecule has 1 aromatic rings. The van der Waals surface area contributed by atoms with Crippen molar-refractivity contribution < 1.29 is 5.11 Å². The maximum Gasteiger partial charge on any atom is 0.194 e. The van der Waals surface area contributed by atoms with Crippen LogP contribution in [0.4, 0.5) is 0 Å². The summed E-state index contributed by atoms with van der Waals surface area (Å²) < 4.78 is 0. The van der Waals surface area contributed by atoms with Gasteiger partial charge in [0.15, 0.2) is 5.96 Å². The predicted octanol–water partition coefficient (Wildman–Crippen LogP) is 3.27. The summed E-state index contributed by atoms with van der Waals surface area (Å²) in [4.78, 5) is 6.64. The summed E-state index contributed by atoms with van der Waals surface area (Å²) in [5, 5.41) is 14.2. The Bertz CT molecular complexity index is 489. The molecule has 4 nitrogen and oxygen atoms in total. The number of halogens is 2. The van der Waals surface area contributed by atoms with Crippen LogP contribution in [-0.4, -0.2) is 41.7 Å². The highest BCUT2D eigenvalue weighted by molar-refractivity contribution is 14.0. The molecule has 0 radical (unpaired) electrons. The largest absolute Gasteiger partial charge is 0.388 e. The number of benzene rings is 1. The molecule has 1 fully saturated rings. The minimum atomic E-state index is -0.582. The van der Waals surface area contributed by atoms with E-state index in [0.29, 0.717) is 6.54 Å². The van der Waals surface area contributed by atoms with Gasteiger partial charge in [-0.15, -0.1) is 24.0 Å². The van der Waals surface area contributed by atoms with Crippen LogP contribution >= 0.6 is 35.6 Å². The minimum absolute atomic E-state index is 0. The molecule has 0 heterocycles. The zero-order chi connectivity index (χ0) is 15.3. The van der Waals surface area contributed by atoms with Gasteiger partial charge in [0.25, 0.3) is 0 Å². The maximum absolute atomic E-state index is 10.2. The van der Waals surface area contributed by atoms with E-state index in [2.05, 4.69) is 15.2 Å². The zero-order valence-electron chi connectivity index (χ0n) is 13.2. The minimum Gasteiger partial charge on any atom is -0.388 e. The molecule has 0 amide bonds. The lowest BCUT2D eigenvalue weighted by Crippen LogP contribution is -2.43. The Morgan fingerprint density at radius 2 is 2.00 bits per heavy atom. The molecule has 0 aliphatic heterocycles. The van der Waals surface area contributed by atoms with Gasteiger partial charge < -0.3 is 15.3 Å². The number of rotatable bonds is 5. The Hall–Kier alpha value is -0.530. The summed E-state index contributed by atoms with van der Waals surface area (Å²) in [6.45, 7) is 4.08. The molecular formula is C16H25ClIN3O. The van der Waals surface area contributed by atoms with E-state index in [1.54, 1.807) is 0 Å². The number of aliphatic imine (C=N–C) groups is 1. The van der Waals surface area contributed by atoms with E-state index in [9.17, 15) is 5.11 Å². The summed E-state index contributed by atoms with van der Waals surface area (Å²) in [5.41, 5.74) is 0.594. The van der Waals surface area contributed by atoms with E-state index >= 15 is 0 Å². The fraction of sp³-hybridized carbons (Fsp3) is 0.562. The Morgan fingerprint density at radius 1 is 1.36 bits per heavy atom. The van der Waals surface area contributed by atoms with Crippen molar-refractivity contribution in [3.05, 3.63) is 34.9 Å². The first-order valence-electron chi connectivity index (χ1n) is 7.49. The molecule has 0 spiro atoms. The third-order valence-electron chi connectivity index (χ3n) is 3.84. The van der Waals surface area contributed by atoms with Crippen molar-refractivity contribution in [2.24, 2.45) is 4.99 Å². The average molecular weight is 438 g/mol. The number of nitrogens with one attached hydrogen (secondary N) is 1. The van der Waals surface area contributed by atoms with Crippen molar-refractivity contribution >= 4 is 41.5 Å². The molecule has 0 aromatic heterocycles. The summed E-state index contributed by atoms with van der Waals surface area (Å²) >= 11 is 5.91. The van der Waals surface area contributed by atoms with E-state index in [-0.39, 0.29) is 24.0 Å². The number of guanidine groups is 1. The van der Waals surface area contributed by atoms with Crippen LogP contribution in [0, 0.1) is 0 Å². The first-order chi connectivity index (χ1) is 10.0. The third-order valence-corrected chi connectivity index (χ3v) is 4.09. The first kappa shape index (κ1) is 19.5. The Morgan fingerprint density at radius 3 is 2.50 bits per heavy atom. The van der Waals surface area contributed by atoms with Gasteiger partial charge in [-0.25, -0.2) is 0 Å². The molecule has 1 aliphatic rings. The van der Waals surface area contributed by atoms with Crippen molar-refractivity contribution in [2.45, 2.75) is 38.3 Å². The average Bonchev–Trinajstić information content (AvgIpc) is 2.43. The van der Waals surface area contributed by atoms with E-state index in [1.165, 1.54) is 5.56 Å². The fourth-order valence-electron chi connectivity index (χ4n) is 2.37. The second kappa shape index (κ2) is 8.93. The van der Waals surface area contributed by atoms with E-state index in [1.807, 2.05) is 38.2 Å². The predicted molar refractivity (Wildman–Crippen MR) is 103 cm³/mol. The summed E-state index contributed by atoms with van der Waals surface area (Å²) in [6.07, 6.45) is 2.82. The third kappa shape index (κ3) is 5.59. The number of hydrogen-bond acceptors (Lipinski definition) is 2. The van der Waals surface area contributed by atoms with Crippen molar-refractivity contribution in [2.75, 3.05) is 20.1 Å². The molecule has 0 unspecified atom stereocenters. The second-order valence-corrected chi connectivity index (χ2v) is 6.17. The summed E-state index contributed by atoms with van der Waals surface area (Å²) in [7, 11) is 2.00. The van der Waals surface area contributed by atoms with Crippen LogP contribution in [0.2, 0.25) is 5.02 Å². The van der Waals surface area contributed by atoms with Crippen LogP contribution in [-0.2, 0) is 6.54 Å². The highest BCUT2D eigenvalue weighted by atomic mass is 127. The van der Waals surface area contributed by atoms with Crippen molar-refractivity contribution in [3.8, 4) is 0 Å². The van der Waals surface area contributed by atoms with Gasteiger partial charge in [0.05, 0.1) is 12.1 Å². The molecule has 0 atom stereocenters. The van der Waals surface area contributed by atoms with Crippen molar-refractivity contribution in [3.63, 3.8) is 0 Å². The van der Waals surface area contributed by atoms with Crippen LogP contribution in [0.15, 0.2) is 29.3 Å². The van der Waals surface area contributed by atoms with E-state index in [4.69, 9.17) is 11.6 Å².